The summed E-state index contributed by atoms with van der Waals surface area (Å²) in [5.41, 5.74) is 6.54. The van der Waals surface area contributed by atoms with E-state index in [1.54, 1.807) is 18.5 Å². The molecule has 1 aromatic heterocycles. The zero-order valence-electron chi connectivity index (χ0n) is 15.7. The van der Waals surface area contributed by atoms with E-state index >= 15 is 0 Å². The van der Waals surface area contributed by atoms with Crippen LogP contribution in [0.3, 0.4) is 0 Å². The van der Waals surface area contributed by atoms with Gasteiger partial charge in [-0.2, -0.15) is 5.26 Å². The molecule has 3 heterocycles. The van der Waals surface area contributed by atoms with E-state index in [-0.39, 0.29) is 23.9 Å². The molecule has 2 aliphatic rings. The highest BCUT2D eigenvalue weighted by atomic mass is 16.5. The quantitative estimate of drug-likeness (QED) is 0.270. The normalized spacial score (nSPS) is 20.0. The van der Waals surface area contributed by atoms with Crippen LogP contribution < -0.4 is 26.4 Å². The van der Waals surface area contributed by atoms with Crippen LogP contribution >= 0.6 is 0 Å². The van der Waals surface area contributed by atoms with Crippen LogP contribution in [0, 0.1) is 16.7 Å². The molecule has 0 bridgehead atoms. The molecule has 0 spiro atoms. The molecule has 10 nitrogen and oxygen atoms in total. The molecule has 1 fully saturated rings. The first-order chi connectivity index (χ1) is 14.1. The summed E-state index contributed by atoms with van der Waals surface area (Å²) in [6.07, 6.45) is 8.19. The van der Waals surface area contributed by atoms with Gasteiger partial charge in [0, 0.05) is 36.8 Å². The van der Waals surface area contributed by atoms with Gasteiger partial charge in [0.2, 0.25) is 0 Å². The van der Waals surface area contributed by atoms with Crippen molar-refractivity contribution in [3.05, 3.63) is 41.6 Å². The molecular weight excluding hydrogens is 372 g/mol. The van der Waals surface area contributed by atoms with Gasteiger partial charge in [0.1, 0.15) is 34.8 Å². The molecule has 150 valence electrons. The fourth-order valence-electron chi connectivity index (χ4n) is 2.93. The van der Waals surface area contributed by atoms with Gasteiger partial charge in [0.05, 0.1) is 18.7 Å². The third-order valence-electron chi connectivity index (χ3n) is 4.34. The zero-order chi connectivity index (χ0) is 20.6. The van der Waals surface area contributed by atoms with Gasteiger partial charge in [-0.05, 0) is 19.4 Å². The van der Waals surface area contributed by atoms with E-state index in [9.17, 15) is 4.79 Å². The van der Waals surface area contributed by atoms with E-state index in [0.717, 1.165) is 25.9 Å². The molecule has 0 aromatic carbocycles. The Bertz CT molecular complexity index is 922. The number of hydrogen-bond acceptors (Lipinski definition) is 8. The Labute approximate surface area is 168 Å². The lowest BCUT2D eigenvalue weighted by Crippen LogP contribution is -2.37. The second kappa shape index (κ2) is 9.48. The van der Waals surface area contributed by atoms with Gasteiger partial charge < -0.3 is 26.4 Å². The Morgan fingerprint density at radius 2 is 2.38 bits per heavy atom. The molecule has 1 atom stereocenters. The van der Waals surface area contributed by atoms with E-state index in [1.807, 2.05) is 6.07 Å². The van der Waals surface area contributed by atoms with Gasteiger partial charge >= 0.3 is 0 Å². The average molecular weight is 394 g/mol. The Kier molecular flexibility index (Phi) is 6.55. The first kappa shape index (κ1) is 20.0. The highest BCUT2D eigenvalue weighted by Gasteiger charge is 2.22. The first-order valence-corrected chi connectivity index (χ1v) is 9.16. The van der Waals surface area contributed by atoms with Crippen LogP contribution in [0.2, 0.25) is 0 Å². The van der Waals surface area contributed by atoms with Crippen LogP contribution in [0.25, 0.3) is 0 Å². The molecule has 6 N–H and O–H groups in total. The summed E-state index contributed by atoms with van der Waals surface area (Å²) in [6.45, 7) is 1.70. The molecule has 1 aromatic rings. The maximum absolute atomic E-state index is 12.8. The first-order valence-electron chi connectivity index (χ1n) is 9.16. The van der Waals surface area contributed by atoms with Crippen molar-refractivity contribution < 1.29 is 9.53 Å². The number of aliphatic imine (C=N–C) groups is 1. The molecule has 1 unspecified atom stereocenters. The molecule has 0 aliphatic carbocycles. The molecule has 1 saturated heterocycles. The number of aromatic nitrogens is 1. The van der Waals surface area contributed by atoms with Gasteiger partial charge in [-0.15, -0.1) is 0 Å². The number of ether oxygens (including phenoxy) is 1. The zero-order valence-corrected chi connectivity index (χ0v) is 15.7. The number of nitrogens with zero attached hydrogens (tertiary/aromatic N) is 3. The molecular formula is C19H22N8O2. The minimum atomic E-state index is -0.617. The van der Waals surface area contributed by atoms with E-state index in [4.69, 9.17) is 21.1 Å². The van der Waals surface area contributed by atoms with E-state index in [2.05, 4.69) is 25.9 Å². The van der Waals surface area contributed by atoms with Crippen molar-refractivity contribution in [2.24, 2.45) is 10.7 Å². The van der Waals surface area contributed by atoms with Crippen molar-refractivity contribution in [3.8, 4) is 11.8 Å². The number of amides is 1. The summed E-state index contributed by atoms with van der Waals surface area (Å²) in [4.78, 5) is 21.0. The predicted octanol–water partition coefficient (Wildman–Crippen LogP) is 0.770. The van der Waals surface area contributed by atoms with Crippen LogP contribution in [0.1, 0.15) is 19.3 Å². The molecule has 0 radical (unpaired) electrons. The number of rotatable bonds is 6. The molecule has 29 heavy (non-hydrogen) atoms. The number of carbonyl (C=O) groups excluding carboxylic acids is 1. The van der Waals surface area contributed by atoms with E-state index in [1.165, 1.54) is 12.4 Å². The Hall–Kier alpha value is -3.71. The topological polar surface area (TPSA) is 161 Å². The molecule has 2 aliphatic heterocycles. The molecule has 3 rings (SSSR count). The smallest absolute Gasteiger partial charge is 0.263 e. The molecule has 0 saturated carbocycles. The molecule has 1 amide bonds. The summed E-state index contributed by atoms with van der Waals surface area (Å²) >= 11 is 0. The van der Waals surface area contributed by atoms with Crippen LogP contribution in [0.5, 0.6) is 5.75 Å². The minimum Gasteiger partial charge on any atom is -0.487 e. The number of allylic oxidation sites excluding steroid dienone is 1. The number of amidine groups is 1. The summed E-state index contributed by atoms with van der Waals surface area (Å²) in [7, 11) is 0. The van der Waals surface area contributed by atoms with Crippen molar-refractivity contribution in [1.82, 2.24) is 15.6 Å². The van der Waals surface area contributed by atoms with Crippen LogP contribution in [-0.2, 0) is 4.79 Å². The van der Waals surface area contributed by atoms with Gasteiger partial charge in [0.25, 0.3) is 5.91 Å². The number of hydrogen-bond donors (Lipinski definition) is 5. The SMILES string of the molecule is N#CCC1=CNC(=C(C(=N)N)C(=O)Nc2cnccc2OC2CCCNC2)N=C1. The van der Waals surface area contributed by atoms with Gasteiger partial charge in [-0.3, -0.25) is 15.2 Å². The number of nitriles is 1. The summed E-state index contributed by atoms with van der Waals surface area (Å²) in [6, 6.07) is 3.69. The second-order valence-electron chi connectivity index (χ2n) is 6.51. The highest BCUT2D eigenvalue weighted by molar-refractivity contribution is 6.24. The lowest BCUT2D eigenvalue weighted by molar-refractivity contribution is -0.112. The number of nitrogens with one attached hydrogen (secondary N) is 4. The number of carbonyl (C=O) groups is 1. The van der Waals surface area contributed by atoms with Crippen molar-refractivity contribution in [1.29, 1.82) is 10.7 Å². The third kappa shape index (κ3) is 5.18. The monoisotopic (exact) mass is 394 g/mol. The van der Waals surface area contributed by atoms with Crippen LogP contribution in [-0.4, -0.2) is 42.1 Å². The van der Waals surface area contributed by atoms with Gasteiger partial charge in [-0.25, -0.2) is 4.99 Å². The van der Waals surface area contributed by atoms with Crippen molar-refractivity contribution in [3.63, 3.8) is 0 Å². The Morgan fingerprint density at radius 1 is 1.52 bits per heavy atom. The fraction of sp³-hybridized carbons (Fsp3) is 0.316. The van der Waals surface area contributed by atoms with Crippen LogP contribution in [0.4, 0.5) is 5.69 Å². The number of pyridine rings is 1. The van der Waals surface area contributed by atoms with Gasteiger partial charge in [-0.1, -0.05) is 0 Å². The van der Waals surface area contributed by atoms with Crippen molar-refractivity contribution in [2.75, 3.05) is 18.4 Å². The summed E-state index contributed by atoms with van der Waals surface area (Å²) in [5.74, 6) is -0.443. The molecule has 10 heteroatoms. The minimum absolute atomic E-state index is 0.000683. The third-order valence-corrected chi connectivity index (χ3v) is 4.34. The van der Waals surface area contributed by atoms with Crippen molar-refractivity contribution in [2.45, 2.75) is 25.4 Å². The van der Waals surface area contributed by atoms with Gasteiger partial charge in [0.15, 0.2) is 0 Å². The number of anilines is 1. The Morgan fingerprint density at radius 3 is 3.03 bits per heavy atom. The summed E-state index contributed by atoms with van der Waals surface area (Å²) < 4.78 is 6.01. The van der Waals surface area contributed by atoms with E-state index in [0.29, 0.717) is 17.0 Å². The maximum atomic E-state index is 12.8. The average Bonchev–Trinajstić information content (AvgIpc) is 2.72. The number of piperidine rings is 1. The second-order valence-corrected chi connectivity index (χ2v) is 6.51. The Balaban J connectivity index is 1.78. The maximum Gasteiger partial charge on any atom is 0.263 e. The number of nitrogens with two attached hydrogens (primary N) is 1. The van der Waals surface area contributed by atoms with Crippen LogP contribution in [0.15, 0.2) is 46.6 Å². The highest BCUT2D eigenvalue weighted by Crippen LogP contribution is 2.26. The van der Waals surface area contributed by atoms with Crippen molar-refractivity contribution >= 4 is 23.6 Å². The predicted molar refractivity (Wildman–Crippen MR) is 108 cm³/mol. The lowest BCUT2D eigenvalue weighted by Gasteiger charge is -2.25. The van der Waals surface area contributed by atoms with E-state index < -0.39 is 11.7 Å². The largest absolute Gasteiger partial charge is 0.487 e. The fourth-order valence-corrected chi connectivity index (χ4v) is 2.93. The lowest BCUT2D eigenvalue weighted by atomic mass is 10.1. The standard InChI is InChI=1S/C19H22N8O2/c20-5-3-12-8-25-18(26-9-12)16(17(21)22)19(28)27-14-11-24-7-4-15(14)29-13-2-1-6-23-10-13/h4,7-9,11,13,23,25H,1-3,6,10H2,(H3,21,22)(H,27,28). The summed E-state index contributed by atoms with van der Waals surface area (Å²) in [5, 5.41) is 25.3.